The van der Waals surface area contributed by atoms with E-state index in [0.717, 1.165) is 32.5 Å². The quantitative estimate of drug-likeness (QED) is 0.788. The molecule has 2 atom stereocenters. The maximum Gasteiger partial charge on any atom is 0.227 e. The van der Waals surface area contributed by atoms with Gasteiger partial charge in [0.1, 0.15) is 0 Å². The molecule has 2 N–H and O–H groups in total. The van der Waals surface area contributed by atoms with Gasteiger partial charge in [-0.25, -0.2) is 0 Å². The molecular formula is C14H27N3O. The van der Waals surface area contributed by atoms with Crippen LogP contribution in [0, 0.1) is 5.41 Å². The Kier molecular flexibility index (Phi) is 4.62. The van der Waals surface area contributed by atoms with Crippen LogP contribution in [0.25, 0.3) is 0 Å². The van der Waals surface area contributed by atoms with Crippen LogP contribution in [-0.2, 0) is 4.79 Å². The summed E-state index contributed by atoms with van der Waals surface area (Å²) in [5.74, 6) is 0.230. The Morgan fingerprint density at radius 2 is 2.28 bits per heavy atom. The number of likely N-dealkylation sites (N-methyl/N-ethyl adjacent to an activating group) is 1. The molecule has 0 aliphatic carbocycles. The van der Waals surface area contributed by atoms with Crippen LogP contribution in [0.5, 0.6) is 0 Å². The van der Waals surface area contributed by atoms with Gasteiger partial charge in [0.2, 0.25) is 5.91 Å². The zero-order valence-electron chi connectivity index (χ0n) is 11.8. The van der Waals surface area contributed by atoms with Crippen molar-refractivity contribution in [3.63, 3.8) is 0 Å². The molecule has 104 valence electrons. The Balaban J connectivity index is 1.80. The van der Waals surface area contributed by atoms with Crippen LogP contribution in [-0.4, -0.2) is 50.1 Å². The summed E-state index contributed by atoms with van der Waals surface area (Å²) in [7, 11) is 2.17. The van der Waals surface area contributed by atoms with Gasteiger partial charge in [0.25, 0.3) is 0 Å². The Morgan fingerprint density at radius 1 is 1.44 bits per heavy atom. The van der Waals surface area contributed by atoms with Gasteiger partial charge in [-0.2, -0.15) is 0 Å². The molecule has 0 saturated carbocycles. The van der Waals surface area contributed by atoms with Gasteiger partial charge >= 0.3 is 0 Å². The number of hydrogen-bond donors (Lipinski definition) is 2. The predicted octanol–water partition coefficient (Wildman–Crippen LogP) is 0.977. The Bertz CT molecular complexity index is 287. The topological polar surface area (TPSA) is 44.4 Å². The normalized spacial score (nSPS) is 34.2. The third kappa shape index (κ3) is 3.23. The fraction of sp³-hybridized carbons (Fsp3) is 0.929. The van der Waals surface area contributed by atoms with Gasteiger partial charge in [-0.05, 0) is 52.7 Å². The molecule has 18 heavy (non-hydrogen) atoms. The minimum Gasteiger partial charge on any atom is -0.354 e. The van der Waals surface area contributed by atoms with Crippen LogP contribution in [0.3, 0.4) is 0 Å². The summed E-state index contributed by atoms with van der Waals surface area (Å²) in [5, 5.41) is 6.50. The molecule has 0 spiro atoms. The molecule has 4 heteroatoms. The number of piperidine rings is 2. The highest BCUT2D eigenvalue weighted by molar-refractivity contribution is 5.82. The largest absolute Gasteiger partial charge is 0.354 e. The van der Waals surface area contributed by atoms with Crippen LogP contribution < -0.4 is 10.6 Å². The highest BCUT2D eigenvalue weighted by Crippen LogP contribution is 2.25. The second-order valence-corrected chi connectivity index (χ2v) is 6.18. The van der Waals surface area contributed by atoms with Crippen molar-refractivity contribution in [1.29, 1.82) is 0 Å². The molecule has 2 aliphatic rings. The Labute approximate surface area is 110 Å². The summed E-state index contributed by atoms with van der Waals surface area (Å²) in [5.41, 5.74) is -0.203. The third-order valence-corrected chi connectivity index (χ3v) is 4.57. The van der Waals surface area contributed by atoms with Gasteiger partial charge < -0.3 is 15.5 Å². The van der Waals surface area contributed by atoms with Gasteiger partial charge in [0.15, 0.2) is 0 Å². The highest BCUT2D eigenvalue weighted by atomic mass is 16.2. The number of carbonyl (C=O) groups excluding carboxylic acids is 1. The van der Waals surface area contributed by atoms with Crippen LogP contribution >= 0.6 is 0 Å². The van der Waals surface area contributed by atoms with Gasteiger partial charge in [0, 0.05) is 19.1 Å². The van der Waals surface area contributed by atoms with Crippen molar-refractivity contribution in [1.82, 2.24) is 15.5 Å². The summed E-state index contributed by atoms with van der Waals surface area (Å²) in [4.78, 5) is 14.7. The molecule has 0 aromatic carbocycles. The summed E-state index contributed by atoms with van der Waals surface area (Å²) in [6.07, 6.45) is 5.91. The van der Waals surface area contributed by atoms with Crippen LogP contribution in [0.2, 0.25) is 0 Å². The molecule has 0 aromatic heterocycles. The first kappa shape index (κ1) is 13.8. The van der Waals surface area contributed by atoms with Crippen LogP contribution in [0.15, 0.2) is 0 Å². The Morgan fingerprint density at radius 3 is 2.94 bits per heavy atom. The van der Waals surface area contributed by atoms with Gasteiger partial charge in [-0.3, -0.25) is 4.79 Å². The molecule has 2 aliphatic heterocycles. The highest BCUT2D eigenvalue weighted by Gasteiger charge is 2.34. The number of nitrogens with one attached hydrogen (secondary N) is 2. The van der Waals surface area contributed by atoms with Crippen molar-refractivity contribution in [3.8, 4) is 0 Å². The molecule has 0 aromatic rings. The van der Waals surface area contributed by atoms with Crippen molar-refractivity contribution >= 4 is 5.91 Å². The number of carbonyl (C=O) groups is 1. The van der Waals surface area contributed by atoms with E-state index in [1.807, 2.05) is 0 Å². The summed E-state index contributed by atoms with van der Waals surface area (Å²) in [6, 6.07) is 0.530. The molecule has 4 nitrogen and oxygen atoms in total. The van der Waals surface area contributed by atoms with E-state index >= 15 is 0 Å². The third-order valence-electron chi connectivity index (χ3n) is 4.57. The molecule has 0 bridgehead atoms. The summed E-state index contributed by atoms with van der Waals surface area (Å²) >= 11 is 0. The molecule has 2 rings (SSSR count). The minimum atomic E-state index is -0.203. The summed E-state index contributed by atoms with van der Waals surface area (Å²) in [6.45, 7) is 5.93. The first-order valence-electron chi connectivity index (χ1n) is 7.31. The first-order chi connectivity index (χ1) is 8.62. The maximum atomic E-state index is 12.3. The molecule has 2 fully saturated rings. The lowest BCUT2D eigenvalue weighted by Crippen LogP contribution is -2.52. The SMILES string of the molecule is CN1CCCCC1CNC(=O)C1(C)CCCNC1. The fourth-order valence-electron chi connectivity index (χ4n) is 3.08. The lowest BCUT2D eigenvalue weighted by atomic mass is 9.82. The number of rotatable bonds is 3. The van der Waals surface area contributed by atoms with E-state index in [0.29, 0.717) is 6.04 Å². The number of nitrogens with zero attached hydrogens (tertiary/aromatic N) is 1. The average Bonchev–Trinajstić information content (AvgIpc) is 2.38. The number of amides is 1. The van der Waals surface area contributed by atoms with Crippen molar-refractivity contribution in [2.75, 3.05) is 33.2 Å². The Hall–Kier alpha value is -0.610. The van der Waals surface area contributed by atoms with E-state index in [4.69, 9.17) is 0 Å². The van der Waals surface area contributed by atoms with Crippen LogP contribution in [0.1, 0.15) is 39.0 Å². The van der Waals surface area contributed by atoms with Crippen LogP contribution in [0.4, 0.5) is 0 Å². The maximum absolute atomic E-state index is 12.3. The molecule has 2 unspecified atom stereocenters. The monoisotopic (exact) mass is 253 g/mol. The van der Waals surface area contributed by atoms with E-state index in [2.05, 4.69) is 29.5 Å². The van der Waals surface area contributed by atoms with Gasteiger partial charge in [0.05, 0.1) is 5.41 Å². The molecule has 1 amide bonds. The minimum absolute atomic E-state index is 0.203. The zero-order chi connectivity index (χ0) is 13.0. The van der Waals surface area contributed by atoms with Gasteiger partial charge in [-0.15, -0.1) is 0 Å². The first-order valence-corrected chi connectivity index (χ1v) is 7.31. The van der Waals surface area contributed by atoms with Crippen molar-refractivity contribution in [2.24, 2.45) is 5.41 Å². The average molecular weight is 253 g/mol. The van der Waals surface area contributed by atoms with Crippen molar-refractivity contribution in [2.45, 2.75) is 45.1 Å². The van der Waals surface area contributed by atoms with Crippen molar-refractivity contribution < 1.29 is 4.79 Å². The van der Waals surface area contributed by atoms with Crippen molar-refractivity contribution in [3.05, 3.63) is 0 Å². The fourth-order valence-corrected chi connectivity index (χ4v) is 3.08. The smallest absolute Gasteiger partial charge is 0.227 e. The lowest BCUT2D eigenvalue weighted by molar-refractivity contribution is -0.131. The number of likely N-dealkylation sites (tertiary alicyclic amines) is 1. The van der Waals surface area contributed by atoms with E-state index < -0.39 is 0 Å². The van der Waals surface area contributed by atoms with E-state index in [1.165, 1.54) is 25.8 Å². The molecule has 0 radical (unpaired) electrons. The van der Waals surface area contributed by atoms with Gasteiger partial charge in [-0.1, -0.05) is 6.42 Å². The summed E-state index contributed by atoms with van der Waals surface area (Å²) < 4.78 is 0. The molecule has 2 saturated heterocycles. The predicted molar refractivity (Wildman–Crippen MR) is 73.5 cm³/mol. The second kappa shape index (κ2) is 6.02. The van der Waals surface area contributed by atoms with E-state index in [9.17, 15) is 4.79 Å². The molecular weight excluding hydrogens is 226 g/mol. The zero-order valence-corrected chi connectivity index (χ0v) is 11.8. The second-order valence-electron chi connectivity index (χ2n) is 6.18. The lowest BCUT2D eigenvalue weighted by Gasteiger charge is -2.36. The standard InChI is InChI=1S/C14H27N3O/c1-14(7-5-8-15-11-14)13(18)16-10-12-6-3-4-9-17(12)2/h12,15H,3-11H2,1-2H3,(H,16,18). The van der Waals surface area contributed by atoms with E-state index in [-0.39, 0.29) is 11.3 Å². The number of hydrogen-bond acceptors (Lipinski definition) is 3. The van der Waals surface area contributed by atoms with E-state index in [1.54, 1.807) is 0 Å². The molecule has 2 heterocycles.